The number of nitrogens with two attached hydrogens (primary N) is 3. The van der Waals surface area contributed by atoms with Gasteiger partial charge in [-0.25, -0.2) is 4.79 Å². The number of likely N-dealkylation sites (tertiary alicyclic amines) is 1. The zero-order chi connectivity index (χ0) is 23.7. The average Bonchev–Trinajstić information content (AvgIpc) is 3.25. The van der Waals surface area contributed by atoms with E-state index in [0.29, 0.717) is 25.8 Å². The number of ketones is 1. The molecule has 11 heteroatoms. The van der Waals surface area contributed by atoms with E-state index in [0.717, 1.165) is 5.56 Å². The number of rotatable bonds is 11. The number of amides is 2. The molecule has 0 saturated carbocycles. The first-order valence-electron chi connectivity index (χ1n) is 10.4. The van der Waals surface area contributed by atoms with Crippen molar-refractivity contribution < 1.29 is 24.3 Å². The number of aliphatic imine (C=N–C) groups is 1. The summed E-state index contributed by atoms with van der Waals surface area (Å²) < 4.78 is 0. The monoisotopic (exact) mass is 446 g/mol. The van der Waals surface area contributed by atoms with Gasteiger partial charge in [-0.3, -0.25) is 19.4 Å². The zero-order valence-electron chi connectivity index (χ0n) is 17.8. The van der Waals surface area contributed by atoms with Crippen molar-refractivity contribution in [3.8, 4) is 0 Å². The van der Waals surface area contributed by atoms with Crippen LogP contribution in [0.2, 0.25) is 0 Å². The number of carboxylic acid groups (broad SMARTS) is 1. The summed E-state index contributed by atoms with van der Waals surface area (Å²) in [5.41, 5.74) is 17.5. The molecule has 0 radical (unpaired) electrons. The predicted octanol–water partition coefficient (Wildman–Crippen LogP) is -1.26. The Morgan fingerprint density at radius 1 is 1.19 bits per heavy atom. The minimum atomic E-state index is -1.65. The zero-order valence-corrected chi connectivity index (χ0v) is 17.8. The summed E-state index contributed by atoms with van der Waals surface area (Å²) >= 11 is 0. The fourth-order valence-corrected chi connectivity index (χ4v) is 3.66. The normalized spacial score (nSPS) is 17.3. The van der Waals surface area contributed by atoms with Crippen molar-refractivity contribution in [3.05, 3.63) is 35.9 Å². The first-order chi connectivity index (χ1) is 15.2. The lowest BCUT2D eigenvalue weighted by Crippen LogP contribution is -2.54. The maximum atomic E-state index is 12.9. The van der Waals surface area contributed by atoms with Gasteiger partial charge in [0.1, 0.15) is 6.04 Å². The molecule has 1 fully saturated rings. The summed E-state index contributed by atoms with van der Waals surface area (Å²) in [5.74, 6) is -3.85. The van der Waals surface area contributed by atoms with Crippen molar-refractivity contribution >= 4 is 29.5 Å². The maximum Gasteiger partial charge on any atom is 0.374 e. The van der Waals surface area contributed by atoms with Crippen LogP contribution in [0.4, 0.5) is 0 Å². The molecule has 0 spiro atoms. The molecule has 11 nitrogen and oxygen atoms in total. The molecule has 174 valence electrons. The fourth-order valence-electron chi connectivity index (χ4n) is 3.66. The molecule has 1 heterocycles. The Labute approximate surface area is 186 Å². The highest BCUT2D eigenvalue weighted by atomic mass is 16.4. The highest BCUT2D eigenvalue weighted by Gasteiger charge is 2.38. The molecule has 1 aromatic rings. The van der Waals surface area contributed by atoms with E-state index in [1.807, 2.05) is 30.3 Å². The van der Waals surface area contributed by atoms with Gasteiger partial charge in [-0.15, -0.1) is 0 Å². The van der Waals surface area contributed by atoms with Gasteiger partial charge in [-0.2, -0.15) is 0 Å². The van der Waals surface area contributed by atoms with Crippen molar-refractivity contribution in [2.24, 2.45) is 22.2 Å². The molecular formula is C21H30N6O5. The van der Waals surface area contributed by atoms with Gasteiger partial charge < -0.3 is 32.5 Å². The van der Waals surface area contributed by atoms with Crippen LogP contribution in [0.25, 0.3) is 0 Å². The van der Waals surface area contributed by atoms with Crippen molar-refractivity contribution in [1.29, 1.82) is 0 Å². The Balaban J connectivity index is 2.02. The molecular weight excluding hydrogens is 416 g/mol. The molecule has 1 aromatic carbocycles. The summed E-state index contributed by atoms with van der Waals surface area (Å²) in [7, 11) is 0. The maximum absolute atomic E-state index is 12.9. The standard InChI is InChI=1S/C21H30N6O5/c22-14(12-13-6-2-1-3-7-13)19(30)27-11-5-9-16(27)18(29)26-15(17(28)20(31)32)8-4-10-25-21(23)24/h1-3,6-7,14-16H,4-5,8-12,22H2,(H,26,29)(H,31,32)(H4,23,24,25)/t14-,15+,16+/m1/s1. The number of guanidine groups is 1. The van der Waals surface area contributed by atoms with E-state index in [1.54, 1.807) is 0 Å². The van der Waals surface area contributed by atoms with Gasteiger partial charge in [0, 0.05) is 13.1 Å². The number of aliphatic carboxylic acids is 1. The average molecular weight is 447 g/mol. The number of carbonyl (C=O) groups excluding carboxylic acids is 3. The number of hydrogen-bond donors (Lipinski definition) is 5. The van der Waals surface area contributed by atoms with Crippen LogP contribution in [0.3, 0.4) is 0 Å². The van der Waals surface area contributed by atoms with Crippen LogP contribution >= 0.6 is 0 Å². The van der Waals surface area contributed by atoms with Crippen LogP contribution in [-0.2, 0) is 25.6 Å². The van der Waals surface area contributed by atoms with E-state index in [9.17, 15) is 19.2 Å². The van der Waals surface area contributed by atoms with Gasteiger partial charge in [0.05, 0.1) is 12.1 Å². The smallest absolute Gasteiger partial charge is 0.374 e. The lowest BCUT2D eigenvalue weighted by molar-refractivity contribution is -0.151. The summed E-state index contributed by atoms with van der Waals surface area (Å²) in [5, 5.41) is 11.6. The molecule has 2 amide bonds. The third-order valence-corrected chi connectivity index (χ3v) is 5.24. The van der Waals surface area contributed by atoms with Gasteiger partial charge in [0.2, 0.25) is 11.8 Å². The van der Waals surface area contributed by atoms with E-state index in [1.165, 1.54) is 4.90 Å². The predicted molar refractivity (Wildman–Crippen MR) is 117 cm³/mol. The van der Waals surface area contributed by atoms with Crippen LogP contribution in [0.5, 0.6) is 0 Å². The van der Waals surface area contributed by atoms with Crippen LogP contribution in [0.1, 0.15) is 31.2 Å². The Morgan fingerprint density at radius 3 is 2.50 bits per heavy atom. The lowest BCUT2D eigenvalue weighted by atomic mass is 10.0. The van der Waals surface area contributed by atoms with Crippen molar-refractivity contribution in [1.82, 2.24) is 10.2 Å². The number of benzene rings is 1. The molecule has 3 atom stereocenters. The second kappa shape index (κ2) is 11.8. The molecule has 0 unspecified atom stereocenters. The van der Waals surface area contributed by atoms with E-state index < -0.39 is 35.8 Å². The quantitative estimate of drug-likeness (QED) is 0.120. The number of hydrogen-bond acceptors (Lipinski definition) is 6. The van der Waals surface area contributed by atoms with Gasteiger partial charge in [0.25, 0.3) is 5.78 Å². The van der Waals surface area contributed by atoms with Crippen LogP contribution < -0.4 is 22.5 Å². The van der Waals surface area contributed by atoms with E-state index in [4.69, 9.17) is 22.3 Å². The van der Waals surface area contributed by atoms with Crippen LogP contribution in [0, 0.1) is 0 Å². The van der Waals surface area contributed by atoms with Crippen molar-refractivity contribution in [2.75, 3.05) is 13.1 Å². The van der Waals surface area contributed by atoms with Crippen molar-refractivity contribution in [2.45, 2.75) is 50.2 Å². The SMILES string of the molecule is NC(N)=NCCC[C@H](NC(=O)[C@@H]1CCCN1C(=O)[C@H](N)Cc1ccccc1)C(=O)C(=O)O. The lowest BCUT2D eigenvalue weighted by Gasteiger charge is -2.28. The Kier molecular flexibility index (Phi) is 9.14. The minimum absolute atomic E-state index is 0.0435. The Bertz CT molecular complexity index is 855. The van der Waals surface area contributed by atoms with E-state index in [-0.39, 0.29) is 31.3 Å². The number of carbonyl (C=O) groups is 4. The third-order valence-electron chi connectivity index (χ3n) is 5.24. The van der Waals surface area contributed by atoms with Crippen LogP contribution in [0.15, 0.2) is 35.3 Å². The Hall–Kier alpha value is -3.47. The summed E-state index contributed by atoms with van der Waals surface area (Å²) in [6.07, 6.45) is 1.66. The van der Waals surface area contributed by atoms with Gasteiger partial charge in [0.15, 0.2) is 5.96 Å². The molecule has 1 aliphatic heterocycles. The largest absolute Gasteiger partial charge is 0.475 e. The van der Waals surface area contributed by atoms with Crippen molar-refractivity contribution in [3.63, 3.8) is 0 Å². The second-order valence-electron chi connectivity index (χ2n) is 7.67. The number of nitrogens with one attached hydrogen (secondary N) is 1. The number of carboxylic acids is 1. The first kappa shape index (κ1) is 24.8. The molecule has 8 N–H and O–H groups in total. The number of nitrogens with zero attached hydrogens (tertiary/aromatic N) is 2. The molecule has 0 aliphatic carbocycles. The van der Waals surface area contributed by atoms with E-state index >= 15 is 0 Å². The minimum Gasteiger partial charge on any atom is -0.475 e. The second-order valence-corrected chi connectivity index (χ2v) is 7.67. The topological polar surface area (TPSA) is 194 Å². The fraction of sp³-hybridized carbons (Fsp3) is 0.476. The van der Waals surface area contributed by atoms with Gasteiger partial charge in [-0.1, -0.05) is 30.3 Å². The molecule has 0 aromatic heterocycles. The molecule has 32 heavy (non-hydrogen) atoms. The Morgan fingerprint density at radius 2 is 1.88 bits per heavy atom. The third kappa shape index (κ3) is 7.05. The molecule has 1 saturated heterocycles. The molecule has 0 bridgehead atoms. The van der Waals surface area contributed by atoms with Crippen LogP contribution in [-0.4, -0.2) is 70.7 Å². The summed E-state index contributed by atoms with van der Waals surface area (Å²) in [6.45, 7) is 0.547. The highest BCUT2D eigenvalue weighted by Crippen LogP contribution is 2.20. The van der Waals surface area contributed by atoms with E-state index in [2.05, 4.69) is 10.3 Å². The summed E-state index contributed by atoms with van der Waals surface area (Å²) in [4.78, 5) is 54.2. The van der Waals surface area contributed by atoms with Gasteiger partial charge in [-0.05, 0) is 37.7 Å². The first-order valence-corrected chi connectivity index (χ1v) is 10.4. The number of Topliss-reactive ketones (excluding diaryl/α,β-unsaturated/α-hetero) is 1. The molecule has 2 rings (SSSR count). The molecule has 1 aliphatic rings. The summed E-state index contributed by atoms with van der Waals surface area (Å²) in [6, 6.07) is 6.43. The van der Waals surface area contributed by atoms with Gasteiger partial charge >= 0.3 is 5.97 Å². The highest BCUT2D eigenvalue weighted by molar-refractivity contribution is 6.35.